The molecule has 1 heterocycles. The highest BCUT2D eigenvalue weighted by Crippen LogP contribution is 2.14. The fraction of sp³-hybridized carbons (Fsp3) is 0.517. The fourth-order valence-corrected chi connectivity index (χ4v) is 4.76. The van der Waals surface area contributed by atoms with Crippen LogP contribution >= 0.6 is 12.2 Å². The summed E-state index contributed by atoms with van der Waals surface area (Å²) in [6.07, 6.45) is 4.14. The number of aldehydes is 1. The number of nitrogens with two attached hydrogens (primary N) is 4. The number of aliphatic hydroxyl groups excluding tert-OH is 1. The topological polar surface area (TPSA) is 262 Å². The molecule has 0 fully saturated rings. The molecule has 0 unspecified atom stereocenters. The number of carbonyl (C=O) groups excluding carboxylic acids is 4. The van der Waals surface area contributed by atoms with Crippen LogP contribution in [0.5, 0.6) is 0 Å². The van der Waals surface area contributed by atoms with Gasteiger partial charge in [-0.05, 0) is 56.4 Å². The van der Waals surface area contributed by atoms with E-state index in [9.17, 15) is 24.3 Å². The summed E-state index contributed by atoms with van der Waals surface area (Å²) < 4.78 is 2.07. The van der Waals surface area contributed by atoms with Gasteiger partial charge in [0.05, 0.1) is 12.6 Å². The zero-order chi connectivity index (χ0) is 33.4. The largest absolute Gasteiger partial charge is 0.393 e. The maximum atomic E-state index is 13.7. The average molecular weight is 647 g/mol. The van der Waals surface area contributed by atoms with Crippen molar-refractivity contribution >= 4 is 42.2 Å². The second-order valence-electron chi connectivity index (χ2n) is 10.9. The summed E-state index contributed by atoms with van der Waals surface area (Å²) in [6.45, 7) is 0.000124. The van der Waals surface area contributed by atoms with Crippen LogP contribution in [0, 0.1) is 4.77 Å². The lowest BCUT2D eigenvalue weighted by Gasteiger charge is -2.30. The molecule has 3 amide bonds. The Morgan fingerprint density at radius 1 is 1.07 bits per heavy atom. The van der Waals surface area contributed by atoms with Gasteiger partial charge in [-0.25, -0.2) is 0 Å². The van der Waals surface area contributed by atoms with Crippen molar-refractivity contribution in [3.05, 3.63) is 52.6 Å². The number of guanidine groups is 1. The van der Waals surface area contributed by atoms with E-state index in [0.29, 0.717) is 42.6 Å². The minimum Gasteiger partial charge on any atom is -0.393 e. The molecule has 248 valence electrons. The number of benzene rings is 1. The van der Waals surface area contributed by atoms with Gasteiger partial charge in [0.2, 0.25) is 17.7 Å². The molecule has 0 spiro atoms. The molecule has 2 aromatic rings. The summed E-state index contributed by atoms with van der Waals surface area (Å²) in [4.78, 5) is 59.3. The molecule has 1 aromatic carbocycles. The molecule has 45 heavy (non-hydrogen) atoms. The third-order valence-electron chi connectivity index (χ3n) is 7.27. The van der Waals surface area contributed by atoms with E-state index >= 15 is 0 Å². The van der Waals surface area contributed by atoms with E-state index < -0.39 is 48.0 Å². The molecule has 0 radical (unpaired) electrons. The Kier molecular flexibility index (Phi) is 15.3. The number of nitrogens with zero attached hydrogens (tertiary/aromatic N) is 2. The van der Waals surface area contributed by atoms with E-state index in [2.05, 4.69) is 25.9 Å². The number of carbonyl (C=O) groups is 4. The maximum Gasteiger partial charge on any atom is 0.243 e. The number of aromatic nitrogens is 2. The molecule has 0 aliphatic heterocycles. The number of H-pyrrole nitrogens is 1. The quantitative estimate of drug-likeness (QED) is 0.0261. The Balaban J connectivity index is 2.28. The van der Waals surface area contributed by atoms with Gasteiger partial charge in [0, 0.05) is 38.3 Å². The van der Waals surface area contributed by atoms with Crippen LogP contribution in [0.25, 0.3) is 0 Å². The van der Waals surface area contributed by atoms with Crippen LogP contribution in [0.15, 0.2) is 41.5 Å². The third kappa shape index (κ3) is 12.1. The first-order valence-electron chi connectivity index (χ1n) is 14.7. The Morgan fingerprint density at radius 3 is 2.33 bits per heavy atom. The second kappa shape index (κ2) is 18.6. The van der Waals surface area contributed by atoms with Gasteiger partial charge >= 0.3 is 0 Å². The third-order valence-corrected chi connectivity index (χ3v) is 7.66. The van der Waals surface area contributed by atoms with Crippen LogP contribution in [-0.2, 0) is 39.1 Å². The number of aliphatic hydroxyl groups is 1. The van der Waals surface area contributed by atoms with E-state index in [1.165, 1.54) is 0 Å². The molecule has 13 N–H and O–H groups in total. The number of aromatic amines is 1. The Bertz CT molecular complexity index is 1340. The molecule has 0 aliphatic rings. The van der Waals surface area contributed by atoms with E-state index in [-0.39, 0.29) is 38.2 Å². The normalized spacial score (nSPS) is 14.3. The lowest BCUT2D eigenvalue weighted by atomic mass is 9.92. The predicted molar refractivity (Wildman–Crippen MR) is 173 cm³/mol. The first kappa shape index (κ1) is 37.1. The predicted octanol–water partition coefficient (Wildman–Crippen LogP) is -1.61. The number of nitrogens with one attached hydrogen (secondary N) is 4. The SMILES string of the molecule is Cn1c(C[C@H](NC(=O)[C@H](N)CCCN=C(N)N)C(=O)N[C@@H](CCCCN)C(=O)N[C@@](C=O)(CO)Cc2ccccc2)c[nH]c1=S. The van der Waals surface area contributed by atoms with Gasteiger partial charge < -0.3 is 58.3 Å². The molecule has 0 saturated carbocycles. The van der Waals surface area contributed by atoms with Gasteiger partial charge in [-0.15, -0.1) is 0 Å². The van der Waals surface area contributed by atoms with Crippen LogP contribution in [-0.4, -0.2) is 88.0 Å². The molecule has 15 nitrogen and oxygen atoms in total. The molecule has 2 rings (SSSR count). The zero-order valence-corrected chi connectivity index (χ0v) is 26.4. The van der Waals surface area contributed by atoms with Crippen LogP contribution in [0.1, 0.15) is 43.4 Å². The van der Waals surface area contributed by atoms with Gasteiger partial charge in [-0.2, -0.15) is 0 Å². The standard InChI is InChI=1S/C29H46N10O5S/c1-39-20(16-35-28(39)45)14-23(37-24(42)21(31)10-7-13-34-27(32)33)25(43)36-22(11-5-6-12-30)26(44)38-29(17-40,18-41)15-19-8-3-2-4-9-19/h2-4,8-9,16-17,21-23,41H,5-7,10-15,18,30-31H2,1H3,(H,35,45)(H,36,43)(H,37,42)(H,38,44)(H4,32,33,34)/t21-,22+,23+,29+/m1/s1. The van der Waals surface area contributed by atoms with Crippen molar-refractivity contribution in [3.8, 4) is 0 Å². The van der Waals surface area contributed by atoms with Crippen molar-refractivity contribution in [2.45, 2.75) is 68.6 Å². The second-order valence-corrected chi connectivity index (χ2v) is 11.3. The van der Waals surface area contributed by atoms with Crippen LogP contribution in [0.3, 0.4) is 0 Å². The highest BCUT2D eigenvalue weighted by Gasteiger charge is 2.35. The van der Waals surface area contributed by atoms with Crippen molar-refractivity contribution in [1.82, 2.24) is 25.5 Å². The first-order chi connectivity index (χ1) is 21.4. The number of hydrogen-bond donors (Lipinski definition) is 9. The number of rotatable bonds is 20. The summed E-state index contributed by atoms with van der Waals surface area (Å²) in [5.74, 6) is -1.97. The number of aliphatic imine (C=N–C) groups is 1. The lowest BCUT2D eigenvalue weighted by molar-refractivity contribution is -0.134. The number of amides is 3. The van der Waals surface area contributed by atoms with E-state index in [4.69, 9.17) is 35.2 Å². The van der Waals surface area contributed by atoms with Gasteiger partial charge in [0.1, 0.15) is 23.9 Å². The summed E-state index contributed by atoms with van der Waals surface area (Å²) in [5.41, 5.74) is 22.1. The van der Waals surface area contributed by atoms with Crippen molar-refractivity contribution in [1.29, 1.82) is 0 Å². The molecule has 4 atom stereocenters. The van der Waals surface area contributed by atoms with Crippen molar-refractivity contribution in [2.75, 3.05) is 19.7 Å². The monoisotopic (exact) mass is 646 g/mol. The van der Waals surface area contributed by atoms with Gasteiger partial charge in [0.25, 0.3) is 0 Å². The smallest absolute Gasteiger partial charge is 0.243 e. The summed E-state index contributed by atoms with van der Waals surface area (Å²) in [5, 5.41) is 18.2. The Morgan fingerprint density at radius 2 is 1.76 bits per heavy atom. The molecular weight excluding hydrogens is 600 g/mol. The van der Waals surface area contributed by atoms with Crippen LogP contribution in [0.2, 0.25) is 0 Å². The highest BCUT2D eigenvalue weighted by molar-refractivity contribution is 7.71. The fourth-order valence-electron chi connectivity index (χ4n) is 4.59. The van der Waals surface area contributed by atoms with Crippen molar-refractivity contribution in [2.24, 2.45) is 35.0 Å². The van der Waals surface area contributed by atoms with Gasteiger partial charge in [-0.1, -0.05) is 30.3 Å². The molecule has 0 saturated heterocycles. The van der Waals surface area contributed by atoms with Crippen molar-refractivity contribution in [3.63, 3.8) is 0 Å². The minimum atomic E-state index is -1.62. The van der Waals surface area contributed by atoms with Crippen LogP contribution in [0.4, 0.5) is 0 Å². The van der Waals surface area contributed by atoms with Crippen molar-refractivity contribution < 1.29 is 24.3 Å². The number of imidazole rings is 1. The van der Waals surface area contributed by atoms with Gasteiger partial charge in [-0.3, -0.25) is 19.4 Å². The molecule has 0 aliphatic carbocycles. The number of unbranched alkanes of at least 4 members (excludes halogenated alkanes) is 1. The lowest BCUT2D eigenvalue weighted by Crippen LogP contribution is -2.61. The van der Waals surface area contributed by atoms with E-state index in [1.54, 1.807) is 42.1 Å². The molecule has 1 aromatic heterocycles. The maximum absolute atomic E-state index is 13.7. The first-order valence-corrected chi connectivity index (χ1v) is 15.1. The van der Waals surface area contributed by atoms with E-state index in [1.807, 2.05) is 6.07 Å². The summed E-state index contributed by atoms with van der Waals surface area (Å²) in [7, 11) is 1.71. The molecule has 16 heteroatoms. The minimum absolute atomic E-state index is 0.0298. The van der Waals surface area contributed by atoms with Gasteiger partial charge in [0.15, 0.2) is 10.7 Å². The Labute approximate surface area is 267 Å². The zero-order valence-electron chi connectivity index (χ0n) is 25.5. The summed E-state index contributed by atoms with van der Waals surface area (Å²) in [6, 6.07) is 5.72. The van der Waals surface area contributed by atoms with Crippen LogP contribution < -0.4 is 38.9 Å². The number of hydrogen-bond acceptors (Lipinski definition) is 9. The summed E-state index contributed by atoms with van der Waals surface area (Å²) >= 11 is 5.24. The average Bonchev–Trinajstić information content (AvgIpc) is 3.34. The molecular formula is C29H46N10O5S. The van der Waals surface area contributed by atoms with E-state index in [0.717, 1.165) is 5.56 Å². The molecule has 0 bridgehead atoms. The Hall–Kier alpha value is -4.12. The highest BCUT2D eigenvalue weighted by atomic mass is 32.1.